The van der Waals surface area contributed by atoms with Gasteiger partial charge in [0.15, 0.2) is 0 Å². The zero-order valence-corrected chi connectivity index (χ0v) is 36.8. The van der Waals surface area contributed by atoms with Crippen LogP contribution in [0.5, 0.6) is 0 Å². The van der Waals surface area contributed by atoms with Crippen molar-refractivity contribution in [3.05, 3.63) is 95.4 Å². The van der Waals surface area contributed by atoms with Crippen molar-refractivity contribution in [2.24, 2.45) is 0 Å². The molecule has 0 saturated carbocycles. The molecule has 2 N–H and O–H groups in total. The monoisotopic (exact) mass is 901 g/mol. The number of halogens is 2. The first-order chi connectivity index (χ1) is 32.1. The lowest BCUT2D eigenvalue weighted by molar-refractivity contribution is -0.143. The van der Waals surface area contributed by atoms with Crippen LogP contribution in [0.2, 0.25) is 0 Å². The number of hydrogen-bond acceptors (Lipinski definition) is 11. The predicted molar refractivity (Wildman–Crippen MR) is 241 cm³/mol. The second kappa shape index (κ2) is 20.0. The third kappa shape index (κ3) is 9.72. The summed E-state index contributed by atoms with van der Waals surface area (Å²) in [5, 5.41) is 10.3. The molecular weight excluding hydrogens is 849 g/mol. The Morgan fingerprint density at radius 2 is 1.59 bits per heavy atom. The molecule has 344 valence electrons. The minimum absolute atomic E-state index is 0.00891. The summed E-state index contributed by atoms with van der Waals surface area (Å²) in [7, 11) is 0. The molecular formula is C49H53F2N9O6. The maximum absolute atomic E-state index is 15.4. The molecule has 15 nitrogen and oxygen atoms in total. The van der Waals surface area contributed by atoms with E-state index in [9.17, 15) is 24.0 Å². The number of carbonyl (C=O) groups is 5. The van der Waals surface area contributed by atoms with Gasteiger partial charge in [-0.3, -0.25) is 48.8 Å². The van der Waals surface area contributed by atoms with E-state index in [4.69, 9.17) is 9.72 Å². The highest BCUT2D eigenvalue weighted by molar-refractivity contribution is 6.14. The summed E-state index contributed by atoms with van der Waals surface area (Å²) in [6, 6.07) is 12.6. The first kappa shape index (κ1) is 44.7. The maximum atomic E-state index is 15.4. The Labute approximate surface area is 380 Å². The number of para-hydroxylation sites is 1. The predicted octanol–water partition coefficient (Wildman–Crippen LogP) is 6.22. The molecule has 5 amide bonds. The molecule has 0 bridgehead atoms. The van der Waals surface area contributed by atoms with Crippen molar-refractivity contribution < 1.29 is 37.5 Å². The molecule has 3 aromatic carbocycles. The van der Waals surface area contributed by atoms with E-state index in [1.54, 1.807) is 36.7 Å². The number of hydrogen-bond donors (Lipinski definition) is 2. The summed E-state index contributed by atoms with van der Waals surface area (Å²) in [6.45, 7) is 4.48. The minimum Gasteiger partial charge on any atom is -0.385 e. The second-order valence-electron chi connectivity index (χ2n) is 17.5. The molecule has 9 rings (SSSR count). The Hall–Kier alpha value is -6.46. The number of rotatable bonds is 15. The Balaban J connectivity index is 0.711. The van der Waals surface area contributed by atoms with Crippen LogP contribution < -0.4 is 10.6 Å². The van der Waals surface area contributed by atoms with Gasteiger partial charge in [0.05, 0.1) is 54.8 Å². The van der Waals surface area contributed by atoms with Crippen LogP contribution in [0.1, 0.15) is 91.7 Å². The van der Waals surface area contributed by atoms with Gasteiger partial charge in [-0.2, -0.15) is 5.10 Å². The number of likely N-dealkylation sites (tertiary alicyclic amines) is 1. The molecule has 0 aliphatic carbocycles. The van der Waals surface area contributed by atoms with Crippen molar-refractivity contribution in [2.75, 3.05) is 51.3 Å². The Morgan fingerprint density at radius 1 is 0.848 bits per heavy atom. The third-order valence-corrected chi connectivity index (χ3v) is 13.2. The Morgan fingerprint density at radius 3 is 2.38 bits per heavy atom. The van der Waals surface area contributed by atoms with Gasteiger partial charge in [0, 0.05) is 86.2 Å². The molecule has 0 radical (unpaired) electrons. The van der Waals surface area contributed by atoms with Gasteiger partial charge in [-0.25, -0.2) is 13.8 Å². The van der Waals surface area contributed by atoms with Crippen molar-refractivity contribution in [2.45, 2.75) is 89.3 Å². The number of ether oxygens (including phenoxy) is 1. The fourth-order valence-corrected chi connectivity index (χ4v) is 9.53. The summed E-state index contributed by atoms with van der Waals surface area (Å²) in [6.07, 6.45) is 12.2. The highest BCUT2D eigenvalue weighted by atomic mass is 19.1. The average molecular weight is 902 g/mol. The van der Waals surface area contributed by atoms with Crippen molar-refractivity contribution in [1.29, 1.82) is 0 Å². The summed E-state index contributed by atoms with van der Waals surface area (Å²) in [5.41, 5.74) is 5.28. The number of fused-ring (bicyclic) bond motifs is 2. The molecule has 4 aliphatic rings. The lowest BCUT2D eigenvalue weighted by Gasteiger charge is -2.35. The van der Waals surface area contributed by atoms with Crippen molar-refractivity contribution in [3.8, 4) is 22.4 Å². The van der Waals surface area contributed by atoms with E-state index < -0.39 is 41.3 Å². The average Bonchev–Trinajstić information content (AvgIpc) is 3.82. The minimum atomic E-state index is -0.983. The number of anilines is 1. The second-order valence-corrected chi connectivity index (χ2v) is 17.5. The van der Waals surface area contributed by atoms with Gasteiger partial charge in [-0.15, -0.1) is 0 Å². The number of nitrogens with one attached hydrogen (secondary N) is 2. The molecule has 66 heavy (non-hydrogen) atoms. The van der Waals surface area contributed by atoms with E-state index in [0.29, 0.717) is 91.3 Å². The van der Waals surface area contributed by atoms with Crippen LogP contribution >= 0.6 is 0 Å². The van der Waals surface area contributed by atoms with Crippen molar-refractivity contribution >= 4 is 46.3 Å². The van der Waals surface area contributed by atoms with E-state index in [2.05, 4.69) is 20.7 Å². The highest BCUT2D eigenvalue weighted by Gasteiger charge is 2.42. The molecule has 3 fully saturated rings. The smallest absolute Gasteiger partial charge is 0.261 e. The summed E-state index contributed by atoms with van der Waals surface area (Å²) in [4.78, 5) is 78.1. The summed E-state index contributed by atoms with van der Waals surface area (Å²) >= 11 is 0. The highest BCUT2D eigenvalue weighted by Crippen LogP contribution is 2.33. The fourth-order valence-electron chi connectivity index (χ4n) is 9.53. The van der Waals surface area contributed by atoms with Gasteiger partial charge >= 0.3 is 0 Å². The number of benzene rings is 3. The standard InChI is InChI=1S/C49H53F2N9O6/c50-38-24-31(25-39(51)37(38)30-57-20-22-66-23-21-57)34-8-6-11-41-47(34)55-42(28-53-41)32-27-54-59(29-32)33-15-18-58(19-16-33)45(62)12-4-2-1-3-5-17-52-40-10-7-9-35-36(40)26-46(63)60(49(35)65)43-13-14-44(61)56-48(43)64/h6-11,24-25,27-29,33,43,52H,1-5,12-23,26,30H2,(H,56,61,64). The van der Waals surface area contributed by atoms with Gasteiger partial charge in [-0.1, -0.05) is 37.5 Å². The SMILES string of the molecule is O=C1CCC(N2C(=O)Cc3c(NCCCCCCCC(=O)N4CCC(n5cc(-c6cnc7cccc(-c8cc(F)c(CN9CCOCC9)c(F)c8)c7n6)cn5)CC4)cccc3C2=O)C(=O)N1. The number of nitrogens with zero attached hydrogens (tertiary/aromatic N) is 7. The molecule has 3 saturated heterocycles. The van der Waals surface area contributed by atoms with Gasteiger partial charge in [-0.05, 0) is 73.6 Å². The van der Waals surface area contributed by atoms with Crippen molar-refractivity contribution in [1.82, 2.24) is 39.8 Å². The summed E-state index contributed by atoms with van der Waals surface area (Å²) < 4.78 is 38.1. The Bertz CT molecular complexity index is 2640. The lowest BCUT2D eigenvalue weighted by atomic mass is 9.93. The number of amides is 5. The van der Waals surface area contributed by atoms with Crippen LogP contribution in [0.4, 0.5) is 14.5 Å². The largest absolute Gasteiger partial charge is 0.385 e. The third-order valence-electron chi connectivity index (χ3n) is 13.2. The number of imide groups is 2. The Kier molecular flexibility index (Phi) is 13.5. The molecule has 17 heteroatoms. The first-order valence-corrected chi connectivity index (χ1v) is 23.0. The lowest BCUT2D eigenvalue weighted by Crippen LogP contribution is -2.58. The zero-order chi connectivity index (χ0) is 45.7. The maximum Gasteiger partial charge on any atom is 0.261 e. The zero-order valence-electron chi connectivity index (χ0n) is 36.8. The van der Waals surface area contributed by atoms with E-state index in [1.807, 2.05) is 32.8 Å². The van der Waals surface area contributed by atoms with Gasteiger partial charge in [0.2, 0.25) is 23.6 Å². The summed E-state index contributed by atoms with van der Waals surface area (Å²) in [5.74, 6) is -3.03. The van der Waals surface area contributed by atoms with Crippen LogP contribution in [-0.4, -0.2) is 116 Å². The topological polar surface area (TPSA) is 172 Å². The fraction of sp³-hybridized carbons (Fsp3) is 0.429. The number of piperidine rings is 2. The molecule has 4 aliphatic heterocycles. The van der Waals surface area contributed by atoms with Crippen LogP contribution in [0.25, 0.3) is 33.4 Å². The van der Waals surface area contributed by atoms with E-state index in [0.717, 1.165) is 61.1 Å². The van der Waals surface area contributed by atoms with E-state index in [-0.39, 0.29) is 43.3 Å². The van der Waals surface area contributed by atoms with Crippen LogP contribution in [-0.2, 0) is 36.9 Å². The molecule has 2 aromatic heterocycles. The normalized spacial score (nSPS) is 18.5. The molecule has 1 unspecified atom stereocenters. The molecule has 1 atom stereocenters. The molecule has 6 heterocycles. The van der Waals surface area contributed by atoms with Gasteiger partial charge in [0.25, 0.3) is 5.91 Å². The number of aromatic nitrogens is 4. The first-order valence-electron chi connectivity index (χ1n) is 23.0. The molecule has 5 aromatic rings. The van der Waals surface area contributed by atoms with E-state index >= 15 is 8.78 Å². The molecule has 0 spiro atoms. The van der Waals surface area contributed by atoms with Gasteiger partial charge < -0.3 is 15.0 Å². The van der Waals surface area contributed by atoms with Gasteiger partial charge in [0.1, 0.15) is 17.7 Å². The van der Waals surface area contributed by atoms with Crippen molar-refractivity contribution in [3.63, 3.8) is 0 Å². The van der Waals surface area contributed by atoms with Crippen LogP contribution in [0, 0.1) is 11.6 Å². The number of unbranched alkanes of at least 4 members (excludes halogenated alkanes) is 4. The quantitative estimate of drug-likeness (QED) is 0.0904. The number of carbonyl (C=O) groups excluding carboxylic acids is 5. The van der Waals surface area contributed by atoms with E-state index in [1.165, 1.54) is 12.1 Å². The van der Waals surface area contributed by atoms with Crippen LogP contribution in [0.3, 0.4) is 0 Å². The number of morpholine rings is 1. The van der Waals surface area contributed by atoms with Crippen LogP contribution in [0.15, 0.2) is 67.1 Å².